The summed E-state index contributed by atoms with van der Waals surface area (Å²) in [5, 5.41) is 11.9. The smallest absolute Gasteiger partial charge is 0.123 e. The second-order valence-electron chi connectivity index (χ2n) is 4.13. The molecule has 0 amide bonds. The molecule has 0 aliphatic rings. The van der Waals surface area contributed by atoms with Crippen molar-refractivity contribution in [1.29, 1.82) is 0 Å². The fourth-order valence-electron chi connectivity index (χ4n) is 1.62. The minimum atomic E-state index is -0.263. The van der Waals surface area contributed by atoms with Crippen molar-refractivity contribution in [2.45, 2.75) is 13.5 Å². The number of hydrogen-bond acceptors (Lipinski definition) is 3. The van der Waals surface area contributed by atoms with Crippen molar-refractivity contribution in [3.8, 4) is 5.75 Å². The van der Waals surface area contributed by atoms with Crippen LogP contribution in [0.25, 0.3) is 0 Å². The number of hydrogen-bond donors (Lipinski definition) is 1. The first-order valence-corrected chi connectivity index (χ1v) is 5.85. The van der Waals surface area contributed by atoms with Crippen molar-refractivity contribution in [2.75, 3.05) is 0 Å². The van der Waals surface area contributed by atoms with Gasteiger partial charge in [-0.3, -0.25) is 0 Å². The lowest BCUT2D eigenvalue weighted by Gasteiger charge is -2.07. The van der Waals surface area contributed by atoms with E-state index in [9.17, 15) is 4.39 Å². The lowest BCUT2D eigenvalue weighted by Crippen LogP contribution is -1.98. The van der Waals surface area contributed by atoms with Gasteiger partial charge in [-0.05, 0) is 36.8 Å². The summed E-state index contributed by atoms with van der Waals surface area (Å²) in [4.78, 5) is 0. The second-order valence-corrected chi connectivity index (χ2v) is 4.13. The van der Waals surface area contributed by atoms with Crippen molar-refractivity contribution in [1.82, 2.24) is 0 Å². The molecule has 0 bridgehead atoms. The summed E-state index contributed by atoms with van der Waals surface area (Å²) in [7, 11) is 0. The van der Waals surface area contributed by atoms with E-state index in [1.807, 2.05) is 18.2 Å². The number of nitrogens with zero attached hydrogens (tertiary/aromatic N) is 1. The summed E-state index contributed by atoms with van der Waals surface area (Å²) in [6, 6.07) is 13.4. The van der Waals surface area contributed by atoms with Crippen molar-refractivity contribution >= 4 is 5.71 Å². The maximum atomic E-state index is 12.8. The van der Waals surface area contributed by atoms with Crippen LogP contribution in [0, 0.1) is 5.82 Å². The Kier molecular flexibility index (Phi) is 4.13. The molecule has 0 fully saturated rings. The largest absolute Gasteiger partial charge is 0.489 e. The average molecular weight is 259 g/mol. The molecule has 0 radical (unpaired) electrons. The van der Waals surface area contributed by atoms with E-state index in [1.165, 1.54) is 12.1 Å². The van der Waals surface area contributed by atoms with Crippen LogP contribution in [-0.2, 0) is 6.61 Å². The van der Waals surface area contributed by atoms with Gasteiger partial charge in [0.2, 0.25) is 0 Å². The monoisotopic (exact) mass is 259 g/mol. The molecule has 1 N–H and O–H groups in total. The van der Waals surface area contributed by atoms with Gasteiger partial charge in [-0.25, -0.2) is 4.39 Å². The third-order valence-electron chi connectivity index (χ3n) is 2.72. The highest BCUT2D eigenvalue weighted by Gasteiger charge is 2.01. The van der Waals surface area contributed by atoms with Gasteiger partial charge in [0.25, 0.3) is 0 Å². The second kappa shape index (κ2) is 6.00. The average Bonchev–Trinajstić information content (AvgIpc) is 2.46. The van der Waals surface area contributed by atoms with Gasteiger partial charge in [-0.15, -0.1) is 0 Å². The summed E-state index contributed by atoms with van der Waals surface area (Å²) < 4.78 is 18.4. The van der Waals surface area contributed by atoms with E-state index >= 15 is 0 Å². The Hall–Kier alpha value is -2.36. The van der Waals surface area contributed by atoms with Gasteiger partial charge in [0, 0.05) is 5.56 Å². The number of rotatable bonds is 4. The zero-order chi connectivity index (χ0) is 13.7. The van der Waals surface area contributed by atoms with E-state index in [0.717, 1.165) is 11.1 Å². The van der Waals surface area contributed by atoms with Gasteiger partial charge in [-0.2, -0.15) is 0 Å². The Bertz CT molecular complexity index is 579. The van der Waals surface area contributed by atoms with Crippen LogP contribution >= 0.6 is 0 Å². The Balaban J connectivity index is 2.05. The molecule has 0 unspecified atom stereocenters. The molecule has 0 aromatic heterocycles. The number of halogens is 1. The minimum Gasteiger partial charge on any atom is -0.489 e. The SMILES string of the molecule is C/C(=N\O)c1cccc(OCc2ccc(F)cc2)c1. The fraction of sp³-hybridized carbons (Fsp3) is 0.133. The van der Waals surface area contributed by atoms with E-state index in [2.05, 4.69) is 5.16 Å². The molecule has 19 heavy (non-hydrogen) atoms. The predicted molar refractivity (Wildman–Crippen MR) is 71.2 cm³/mol. The third kappa shape index (κ3) is 3.55. The summed E-state index contributed by atoms with van der Waals surface area (Å²) in [6.07, 6.45) is 0. The molecule has 0 aliphatic heterocycles. The van der Waals surface area contributed by atoms with Crippen molar-refractivity contribution in [3.05, 3.63) is 65.5 Å². The van der Waals surface area contributed by atoms with Crippen LogP contribution in [0.5, 0.6) is 5.75 Å². The molecule has 0 saturated carbocycles. The van der Waals surface area contributed by atoms with E-state index in [1.54, 1.807) is 25.1 Å². The summed E-state index contributed by atoms with van der Waals surface area (Å²) in [5.74, 6) is 0.408. The van der Waals surface area contributed by atoms with Gasteiger partial charge in [0.15, 0.2) is 0 Å². The molecule has 0 saturated heterocycles. The molecule has 98 valence electrons. The highest BCUT2D eigenvalue weighted by Crippen LogP contribution is 2.16. The summed E-state index contributed by atoms with van der Waals surface area (Å²) in [6.45, 7) is 2.07. The minimum absolute atomic E-state index is 0.263. The molecule has 3 nitrogen and oxygen atoms in total. The van der Waals surface area contributed by atoms with Crippen LogP contribution in [0.1, 0.15) is 18.1 Å². The molecular weight excluding hydrogens is 245 g/mol. The Morgan fingerprint density at radius 3 is 2.63 bits per heavy atom. The van der Waals surface area contributed by atoms with Gasteiger partial charge in [0.1, 0.15) is 18.2 Å². The maximum Gasteiger partial charge on any atom is 0.123 e. The van der Waals surface area contributed by atoms with Gasteiger partial charge < -0.3 is 9.94 Å². The molecule has 4 heteroatoms. The van der Waals surface area contributed by atoms with Gasteiger partial charge in [0.05, 0.1) is 5.71 Å². The highest BCUT2D eigenvalue weighted by molar-refractivity contribution is 5.98. The zero-order valence-electron chi connectivity index (χ0n) is 10.5. The first-order chi connectivity index (χ1) is 9.19. The van der Waals surface area contributed by atoms with Gasteiger partial charge >= 0.3 is 0 Å². The maximum absolute atomic E-state index is 12.8. The lowest BCUT2D eigenvalue weighted by molar-refractivity contribution is 0.306. The van der Waals surface area contributed by atoms with Crippen molar-refractivity contribution in [2.24, 2.45) is 5.16 Å². The van der Waals surface area contributed by atoms with Crippen LogP contribution in [0.4, 0.5) is 4.39 Å². The third-order valence-corrected chi connectivity index (χ3v) is 2.72. The number of ether oxygens (including phenoxy) is 1. The molecule has 0 aliphatic carbocycles. The Morgan fingerprint density at radius 2 is 1.95 bits per heavy atom. The molecule has 0 spiro atoms. The molecule has 2 aromatic rings. The Morgan fingerprint density at radius 1 is 1.21 bits per heavy atom. The normalized spacial score (nSPS) is 11.4. The molecule has 0 heterocycles. The van der Waals surface area contributed by atoms with E-state index < -0.39 is 0 Å². The molecular formula is C15H14FNO2. The van der Waals surface area contributed by atoms with Crippen LogP contribution in [0.3, 0.4) is 0 Å². The summed E-state index contributed by atoms with van der Waals surface area (Å²) in [5.41, 5.74) is 2.20. The van der Waals surface area contributed by atoms with E-state index in [-0.39, 0.29) is 5.82 Å². The standard InChI is InChI=1S/C15H14FNO2/c1-11(17-18)13-3-2-4-15(9-13)19-10-12-5-7-14(16)8-6-12/h2-9,18H,10H2,1H3/b17-11+. The topological polar surface area (TPSA) is 41.8 Å². The van der Waals surface area contributed by atoms with E-state index in [0.29, 0.717) is 18.1 Å². The van der Waals surface area contributed by atoms with Crippen molar-refractivity contribution in [3.63, 3.8) is 0 Å². The molecule has 2 aromatic carbocycles. The van der Waals surface area contributed by atoms with Crippen LogP contribution < -0.4 is 4.74 Å². The number of oxime groups is 1. The first kappa shape index (κ1) is 13.1. The lowest BCUT2D eigenvalue weighted by atomic mass is 10.1. The molecule has 0 atom stereocenters. The van der Waals surface area contributed by atoms with Crippen LogP contribution in [-0.4, -0.2) is 10.9 Å². The molecule has 2 rings (SSSR count). The quantitative estimate of drug-likeness (QED) is 0.518. The van der Waals surface area contributed by atoms with E-state index in [4.69, 9.17) is 9.94 Å². The number of benzene rings is 2. The predicted octanol–water partition coefficient (Wildman–Crippen LogP) is 3.60. The van der Waals surface area contributed by atoms with Crippen LogP contribution in [0.15, 0.2) is 53.7 Å². The Labute approximate surface area is 111 Å². The van der Waals surface area contributed by atoms with Crippen molar-refractivity contribution < 1.29 is 14.3 Å². The van der Waals surface area contributed by atoms with Gasteiger partial charge in [-0.1, -0.05) is 29.4 Å². The highest BCUT2D eigenvalue weighted by atomic mass is 19.1. The first-order valence-electron chi connectivity index (χ1n) is 5.85. The summed E-state index contributed by atoms with van der Waals surface area (Å²) >= 11 is 0. The van der Waals surface area contributed by atoms with Crippen LogP contribution in [0.2, 0.25) is 0 Å². The fourth-order valence-corrected chi connectivity index (χ4v) is 1.62. The zero-order valence-corrected chi connectivity index (χ0v) is 10.5.